The first-order valence-electron chi connectivity index (χ1n) is 10.5. The summed E-state index contributed by atoms with van der Waals surface area (Å²) in [7, 11) is 0. The second-order valence-corrected chi connectivity index (χ2v) is 9.35. The molecular formula is C22H31N5O. The van der Waals surface area contributed by atoms with E-state index < -0.39 is 0 Å². The van der Waals surface area contributed by atoms with Crippen LogP contribution >= 0.6 is 0 Å². The third kappa shape index (κ3) is 4.10. The van der Waals surface area contributed by atoms with Crippen molar-refractivity contribution in [3.63, 3.8) is 0 Å². The van der Waals surface area contributed by atoms with Crippen LogP contribution < -0.4 is 10.5 Å². The molecule has 0 radical (unpaired) electrons. The summed E-state index contributed by atoms with van der Waals surface area (Å²) in [4.78, 5) is 28.7. The minimum Gasteiger partial charge on any atom is -0.356 e. The van der Waals surface area contributed by atoms with Gasteiger partial charge in [-0.15, -0.1) is 0 Å². The molecular weight excluding hydrogens is 350 g/mol. The number of hydrogen-bond donors (Lipinski definition) is 0. The maximum absolute atomic E-state index is 12.5. The standard InChI is InChI=1S/C22H31N5O/c1-22(2,3)18-13-20(28)27(15-24-18)14-16-8-11-26(12-9-16)19-7-10-23-21(25-19)17-5-4-6-17/h7,10,13,15-17H,4-6,8-9,11-12,14H2,1-3H3. The first-order valence-corrected chi connectivity index (χ1v) is 10.5. The summed E-state index contributed by atoms with van der Waals surface area (Å²) in [5.74, 6) is 3.14. The molecule has 0 atom stereocenters. The van der Waals surface area contributed by atoms with Crippen LogP contribution in [0.1, 0.15) is 70.3 Å². The molecule has 28 heavy (non-hydrogen) atoms. The summed E-state index contributed by atoms with van der Waals surface area (Å²) >= 11 is 0. The fourth-order valence-electron chi connectivity index (χ4n) is 4.00. The van der Waals surface area contributed by atoms with Crippen molar-refractivity contribution in [3.8, 4) is 0 Å². The molecule has 0 spiro atoms. The lowest BCUT2D eigenvalue weighted by Gasteiger charge is -2.33. The lowest BCUT2D eigenvalue weighted by molar-refractivity contribution is 0.348. The van der Waals surface area contributed by atoms with Gasteiger partial charge in [0.25, 0.3) is 5.56 Å². The Morgan fingerprint density at radius 3 is 2.46 bits per heavy atom. The van der Waals surface area contributed by atoms with E-state index in [1.165, 1.54) is 19.3 Å². The SMILES string of the molecule is CC(C)(C)c1cc(=O)n(CC2CCN(c3ccnc(C4CCC4)n3)CC2)cn1. The zero-order chi connectivity index (χ0) is 19.7. The van der Waals surface area contributed by atoms with E-state index in [9.17, 15) is 4.79 Å². The number of rotatable bonds is 4. The van der Waals surface area contributed by atoms with Crippen LogP contribution in [0.4, 0.5) is 5.82 Å². The molecule has 3 heterocycles. The molecule has 1 aliphatic carbocycles. The first kappa shape index (κ1) is 19.1. The van der Waals surface area contributed by atoms with Gasteiger partial charge in [0, 0.05) is 43.2 Å². The number of hydrogen-bond acceptors (Lipinski definition) is 5. The Hall–Kier alpha value is -2.24. The van der Waals surface area contributed by atoms with E-state index in [1.807, 2.05) is 12.3 Å². The van der Waals surface area contributed by atoms with Gasteiger partial charge in [-0.1, -0.05) is 27.2 Å². The van der Waals surface area contributed by atoms with Gasteiger partial charge in [-0.25, -0.2) is 15.0 Å². The summed E-state index contributed by atoms with van der Waals surface area (Å²) in [6.07, 6.45) is 9.51. The molecule has 1 aliphatic heterocycles. The van der Waals surface area contributed by atoms with Gasteiger partial charge < -0.3 is 4.90 Å². The van der Waals surface area contributed by atoms with Gasteiger partial charge in [0.05, 0.1) is 12.0 Å². The fraction of sp³-hybridized carbons (Fsp3) is 0.636. The average molecular weight is 382 g/mol. The van der Waals surface area contributed by atoms with Gasteiger partial charge >= 0.3 is 0 Å². The molecule has 1 saturated heterocycles. The molecule has 0 N–H and O–H groups in total. The number of anilines is 1. The Balaban J connectivity index is 1.36. The number of aromatic nitrogens is 4. The predicted octanol–water partition coefficient (Wildman–Crippen LogP) is 3.51. The molecule has 2 aromatic rings. The van der Waals surface area contributed by atoms with E-state index in [2.05, 4.69) is 35.6 Å². The number of piperidine rings is 1. The monoisotopic (exact) mass is 381 g/mol. The highest BCUT2D eigenvalue weighted by Gasteiger charge is 2.25. The molecule has 0 unspecified atom stereocenters. The maximum atomic E-state index is 12.5. The van der Waals surface area contributed by atoms with Crippen LogP contribution in [0.2, 0.25) is 0 Å². The molecule has 2 aliphatic rings. The molecule has 0 aromatic carbocycles. The molecule has 1 saturated carbocycles. The zero-order valence-corrected chi connectivity index (χ0v) is 17.3. The van der Waals surface area contributed by atoms with Gasteiger partial charge in [0.1, 0.15) is 11.6 Å². The van der Waals surface area contributed by atoms with Crippen molar-refractivity contribution >= 4 is 5.82 Å². The van der Waals surface area contributed by atoms with Gasteiger partial charge in [-0.2, -0.15) is 0 Å². The van der Waals surface area contributed by atoms with Crippen molar-refractivity contribution < 1.29 is 0 Å². The van der Waals surface area contributed by atoms with Crippen LogP contribution in [0.25, 0.3) is 0 Å². The van der Waals surface area contributed by atoms with Crippen molar-refractivity contribution in [2.45, 2.75) is 70.8 Å². The van der Waals surface area contributed by atoms with Crippen molar-refractivity contribution in [1.29, 1.82) is 0 Å². The Kier molecular flexibility index (Phi) is 5.21. The Labute approximate surface area is 167 Å². The van der Waals surface area contributed by atoms with Gasteiger partial charge in [0.2, 0.25) is 0 Å². The zero-order valence-electron chi connectivity index (χ0n) is 17.3. The van der Waals surface area contributed by atoms with Crippen LogP contribution in [0.5, 0.6) is 0 Å². The third-order valence-corrected chi connectivity index (χ3v) is 6.17. The largest absolute Gasteiger partial charge is 0.356 e. The van der Waals surface area contributed by atoms with Crippen LogP contribution in [0.15, 0.2) is 29.5 Å². The highest BCUT2D eigenvalue weighted by Crippen LogP contribution is 2.35. The van der Waals surface area contributed by atoms with Gasteiger partial charge in [-0.3, -0.25) is 9.36 Å². The van der Waals surface area contributed by atoms with Crippen molar-refractivity contribution in [1.82, 2.24) is 19.5 Å². The van der Waals surface area contributed by atoms with Gasteiger partial charge in [-0.05, 0) is 37.7 Å². The van der Waals surface area contributed by atoms with E-state index in [0.717, 1.165) is 49.8 Å². The first-order chi connectivity index (χ1) is 13.4. The highest BCUT2D eigenvalue weighted by atomic mass is 16.1. The summed E-state index contributed by atoms with van der Waals surface area (Å²) < 4.78 is 1.77. The molecule has 150 valence electrons. The molecule has 6 nitrogen and oxygen atoms in total. The minimum atomic E-state index is -0.0978. The van der Waals surface area contributed by atoms with Crippen molar-refractivity contribution in [2.75, 3.05) is 18.0 Å². The van der Waals surface area contributed by atoms with Crippen molar-refractivity contribution in [2.24, 2.45) is 5.92 Å². The molecule has 0 amide bonds. The van der Waals surface area contributed by atoms with Gasteiger partial charge in [0.15, 0.2) is 0 Å². The summed E-state index contributed by atoms with van der Waals surface area (Å²) in [6.45, 7) is 8.96. The van der Waals surface area contributed by atoms with E-state index in [4.69, 9.17) is 4.98 Å². The molecule has 6 heteroatoms. The highest BCUT2D eigenvalue weighted by molar-refractivity contribution is 5.38. The second kappa shape index (κ2) is 7.64. The fourth-order valence-corrected chi connectivity index (χ4v) is 4.00. The average Bonchev–Trinajstić information content (AvgIpc) is 2.62. The second-order valence-electron chi connectivity index (χ2n) is 9.35. The van der Waals surface area contributed by atoms with Crippen LogP contribution in [-0.4, -0.2) is 32.6 Å². The minimum absolute atomic E-state index is 0.0586. The maximum Gasteiger partial charge on any atom is 0.253 e. The Morgan fingerprint density at radius 2 is 1.86 bits per heavy atom. The quantitative estimate of drug-likeness (QED) is 0.811. The smallest absolute Gasteiger partial charge is 0.253 e. The van der Waals surface area contributed by atoms with Crippen LogP contribution in [0, 0.1) is 5.92 Å². The van der Waals surface area contributed by atoms with Crippen LogP contribution in [-0.2, 0) is 12.0 Å². The Bertz CT molecular complexity index is 873. The predicted molar refractivity (Wildman–Crippen MR) is 111 cm³/mol. The normalized spacial score (nSPS) is 18.9. The lowest BCUT2D eigenvalue weighted by Crippen LogP contribution is -2.37. The van der Waals surface area contributed by atoms with Crippen LogP contribution in [0.3, 0.4) is 0 Å². The summed E-state index contributed by atoms with van der Waals surface area (Å²) in [5, 5.41) is 0. The van der Waals surface area contributed by atoms with E-state index in [0.29, 0.717) is 11.8 Å². The lowest BCUT2D eigenvalue weighted by atomic mass is 9.85. The van der Waals surface area contributed by atoms with E-state index >= 15 is 0 Å². The summed E-state index contributed by atoms with van der Waals surface area (Å²) in [5.41, 5.74) is 0.817. The molecule has 2 fully saturated rings. The number of nitrogens with zero attached hydrogens (tertiary/aromatic N) is 5. The Morgan fingerprint density at radius 1 is 1.11 bits per heavy atom. The topological polar surface area (TPSA) is 63.9 Å². The molecule has 0 bridgehead atoms. The summed E-state index contributed by atoms with van der Waals surface area (Å²) in [6, 6.07) is 3.72. The third-order valence-electron chi connectivity index (χ3n) is 6.17. The van der Waals surface area contributed by atoms with Crippen molar-refractivity contribution in [3.05, 3.63) is 46.5 Å². The molecule has 4 rings (SSSR count). The van der Waals surface area contributed by atoms with E-state index in [-0.39, 0.29) is 11.0 Å². The molecule has 2 aromatic heterocycles. The van der Waals surface area contributed by atoms with E-state index in [1.54, 1.807) is 17.0 Å².